The van der Waals surface area contributed by atoms with E-state index in [2.05, 4.69) is 121 Å². The maximum Gasteiger partial charge on any atom is 0.164 e. The van der Waals surface area contributed by atoms with Crippen molar-refractivity contribution in [2.75, 3.05) is 0 Å². The Hall–Kier alpha value is -7.21. The number of benzene rings is 8. The minimum absolute atomic E-state index is 0.653. The topological polar surface area (TPSA) is 51.8 Å². The Morgan fingerprint density at radius 1 is 0.321 bits per heavy atom. The molecule has 0 unspecified atom stereocenters. The fourth-order valence-corrected chi connectivity index (χ4v) is 8.90. The Balaban J connectivity index is 1.04. The molecule has 0 saturated heterocycles. The average molecular weight is 734 g/mol. The van der Waals surface area contributed by atoms with Gasteiger partial charge in [0.05, 0.1) is 0 Å². The van der Waals surface area contributed by atoms with Crippen molar-refractivity contribution in [3.63, 3.8) is 0 Å². The van der Waals surface area contributed by atoms with Crippen molar-refractivity contribution in [3.8, 4) is 67.5 Å². The van der Waals surface area contributed by atoms with E-state index >= 15 is 0 Å². The molecular formula is C51H31N3OS. The van der Waals surface area contributed by atoms with E-state index in [1.165, 1.54) is 31.3 Å². The Morgan fingerprint density at radius 3 is 1.64 bits per heavy atom. The average Bonchev–Trinajstić information content (AvgIpc) is 3.84. The van der Waals surface area contributed by atoms with Gasteiger partial charge in [-0.3, -0.25) is 0 Å². The van der Waals surface area contributed by atoms with Crippen molar-refractivity contribution < 1.29 is 4.42 Å². The van der Waals surface area contributed by atoms with Crippen molar-refractivity contribution >= 4 is 53.4 Å². The number of hydrogen-bond donors (Lipinski definition) is 0. The summed E-state index contributed by atoms with van der Waals surface area (Å²) in [6.07, 6.45) is 0. The zero-order valence-electron chi connectivity index (χ0n) is 30.1. The number of thiophene rings is 1. The number of hydrogen-bond acceptors (Lipinski definition) is 5. The van der Waals surface area contributed by atoms with Gasteiger partial charge in [0, 0.05) is 47.6 Å². The third kappa shape index (κ3) is 5.65. The highest BCUT2D eigenvalue weighted by Crippen LogP contribution is 2.43. The van der Waals surface area contributed by atoms with Crippen LogP contribution in [0, 0.1) is 0 Å². The minimum Gasteiger partial charge on any atom is -0.456 e. The molecule has 0 atom stereocenters. The van der Waals surface area contributed by atoms with E-state index in [0.29, 0.717) is 17.5 Å². The second-order valence-electron chi connectivity index (χ2n) is 14.0. The monoisotopic (exact) mass is 733 g/mol. The molecule has 262 valence electrons. The van der Waals surface area contributed by atoms with Gasteiger partial charge in [-0.2, -0.15) is 0 Å². The van der Waals surface area contributed by atoms with Crippen molar-refractivity contribution in [2.24, 2.45) is 0 Å². The summed E-state index contributed by atoms with van der Waals surface area (Å²) >= 11 is 1.79. The summed E-state index contributed by atoms with van der Waals surface area (Å²) in [5.41, 5.74) is 11.6. The first kappa shape index (κ1) is 32.2. The van der Waals surface area contributed by atoms with Gasteiger partial charge in [-0.05, 0) is 75.8 Å². The van der Waals surface area contributed by atoms with Crippen molar-refractivity contribution in [3.05, 3.63) is 188 Å². The van der Waals surface area contributed by atoms with Gasteiger partial charge >= 0.3 is 0 Å². The first-order chi connectivity index (χ1) is 27.7. The molecule has 0 spiro atoms. The normalized spacial score (nSPS) is 11.6. The molecule has 3 aromatic heterocycles. The molecule has 0 saturated carbocycles. The lowest BCUT2D eigenvalue weighted by atomic mass is 9.92. The second kappa shape index (κ2) is 13.3. The summed E-state index contributed by atoms with van der Waals surface area (Å²) in [6.45, 7) is 0. The lowest BCUT2D eigenvalue weighted by Gasteiger charge is -2.11. The van der Waals surface area contributed by atoms with Crippen molar-refractivity contribution in [1.29, 1.82) is 0 Å². The van der Waals surface area contributed by atoms with E-state index in [9.17, 15) is 0 Å². The van der Waals surface area contributed by atoms with Gasteiger partial charge in [0.15, 0.2) is 17.5 Å². The van der Waals surface area contributed by atoms with E-state index in [1.807, 2.05) is 66.7 Å². The van der Waals surface area contributed by atoms with Crippen LogP contribution in [0.4, 0.5) is 0 Å². The molecule has 0 aliphatic carbocycles. The van der Waals surface area contributed by atoms with E-state index in [4.69, 9.17) is 19.4 Å². The van der Waals surface area contributed by atoms with Crippen LogP contribution in [0.25, 0.3) is 110 Å². The molecule has 0 amide bonds. The third-order valence-electron chi connectivity index (χ3n) is 10.5. The van der Waals surface area contributed by atoms with E-state index < -0.39 is 0 Å². The number of fused-ring (bicyclic) bond motifs is 6. The molecule has 0 fully saturated rings. The quantitative estimate of drug-likeness (QED) is 0.171. The smallest absolute Gasteiger partial charge is 0.164 e. The number of aromatic nitrogens is 3. The van der Waals surface area contributed by atoms with Gasteiger partial charge in [-0.1, -0.05) is 146 Å². The number of furan rings is 1. The molecule has 0 N–H and O–H groups in total. The SMILES string of the molecule is c1ccc(-c2cccc(-c3cc(-c4ccc5sc6cc(-c7nc(-c8ccccc8)nc(-c8ccccc8)n7)ccc6c5c4)cc4oc5ccccc5c34)c2)cc1. The van der Waals surface area contributed by atoms with E-state index in [-0.39, 0.29) is 0 Å². The molecular weight excluding hydrogens is 703 g/mol. The predicted octanol–water partition coefficient (Wildman–Crippen LogP) is 14.1. The molecule has 8 aromatic carbocycles. The summed E-state index contributed by atoms with van der Waals surface area (Å²) in [4.78, 5) is 14.9. The zero-order valence-corrected chi connectivity index (χ0v) is 30.9. The Labute approximate surface area is 327 Å². The van der Waals surface area contributed by atoms with Crippen molar-refractivity contribution in [1.82, 2.24) is 15.0 Å². The third-order valence-corrected chi connectivity index (χ3v) is 11.7. The first-order valence-corrected chi connectivity index (χ1v) is 19.5. The summed E-state index contributed by atoms with van der Waals surface area (Å²) in [6, 6.07) is 65.8. The van der Waals surface area contributed by atoms with Gasteiger partial charge in [0.2, 0.25) is 0 Å². The van der Waals surface area contributed by atoms with E-state index in [1.54, 1.807) is 11.3 Å². The Bertz CT molecular complexity index is 3180. The summed E-state index contributed by atoms with van der Waals surface area (Å²) < 4.78 is 8.96. The van der Waals surface area contributed by atoms with Crippen LogP contribution < -0.4 is 0 Å². The largest absolute Gasteiger partial charge is 0.456 e. The van der Waals surface area contributed by atoms with Crippen LogP contribution in [-0.4, -0.2) is 15.0 Å². The zero-order chi connectivity index (χ0) is 37.0. The van der Waals surface area contributed by atoms with Gasteiger partial charge < -0.3 is 4.42 Å². The Morgan fingerprint density at radius 2 is 0.911 bits per heavy atom. The summed E-state index contributed by atoms with van der Waals surface area (Å²) in [5, 5.41) is 4.68. The van der Waals surface area contributed by atoms with Gasteiger partial charge in [-0.25, -0.2) is 15.0 Å². The second-order valence-corrected chi connectivity index (χ2v) is 15.1. The van der Waals surface area contributed by atoms with Crippen LogP contribution in [-0.2, 0) is 0 Å². The number of rotatable bonds is 6. The Kier molecular flexibility index (Phi) is 7.64. The lowest BCUT2D eigenvalue weighted by Crippen LogP contribution is -1.99. The molecule has 0 aliphatic heterocycles. The van der Waals surface area contributed by atoms with Crippen LogP contribution >= 0.6 is 11.3 Å². The highest BCUT2D eigenvalue weighted by Gasteiger charge is 2.18. The van der Waals surface area contributed by atoms with Crippen LogP contribution in [0.1, 0.15) is 0 Å². The fourth-order valence-electron chi connectivity index (χ4n) is 7.78. The van der Waals surface area contributed by atoms with Crippen LogP contribution in [0.3, 0.4) is 0 Å². The maximum absolute atomic E-state index is 6.55. The fraction of sp³-hybridized carbons (Fsp3) is 0. The molecule has 56 heavy (non-hydrogen) atoms. The molecule has 11 rings (SSSR count). The number of para-hydroxylation sites is 1. The molecule has 0 bridgehead atoms. The van der Waals surface area contributed by atoms with Gasteiger partial charge in [0.25, 0.3) is 0 Å². The molecule has 11 aromatic rings. The lowest BCUT2D eigenvalue weighted by molar-refractivity contribution is 0.669. The molecule has 3 heterocycles. The molecule has 0 radical (unpaired) electrons. The van der Waals surface area contributed by atoms with E-state index in [0.717, 1.165) is 60.9 Å². The highest BCUT2D eigenvalue weighted by molar-refractivity contribution is 7.25. The van der Waals surface area contributed by atoms with Gasteiger partial charge in [-0.15, -0.1) is 11.3 Å². The highest BCUT2D eigenvalue weighted by atomic mass is 32.1. The first-order valence-electron chi connectivity index (χ1n) is 18.7. The standard InChI is InChI=1S/C51H31N3OS/c1-4-13-32(14-5-1)35-19-12-20-37(27-35)42-29-39(30-45-48(42)41-21-10-11-22-44(41)55-45)36-24-26-46-43(28-36)40-25-23-38(31-47(40)56-46)51-53-49(33-15-6-2-7-16-33)52-50(54-51)34-17-8-3-9-18-34/h1-31H. The van der Waals surface area contributed by atoms with Crippen LogP contribution in [0.2, 0.25) is 0 Å². The maximum atomic E-state index is 6.55. The molecule has 0 aliphatic rings. The van der Waals surface area contributed by atoms with Crippen LogP contribution in [0.15, 0.2) is 192 Å². The van der Waals surface area contributed by atoms with Gasteiger partial charge in [0.1, 0.15) is 11.2 Å². The number of nitrogens with zero attached hydrogens (tertiary/aromatic N) is 3. The van der Waals surface area contributed by atoms with Crippen LogP contribution in [0.5, 0.6) is 0 Å². The summed E-state index contributed by atoms with van der Waals surface area (Å²) in [5.74, 6) is 1.96. The molecule has 5 heteroatoms. The molecule has 4 nitrogen and oxygen atoms in total. The minimum atomic E-state index is 0.653. The predicted molar refractivity (Wildman–Crippen MR) is 233 cm³/mol. The van der Waals surface area contributed by atoms with Crippen molar-refractivity contribution in [2.45, 2.75) is 0 Å². The summed E-state index contributed by atoms with van der Waals surface area (Å²) in [7, 11) is 0.